The Morgan fingerprint density at radius 2 is 1.08 bits per heavy atom. The first-order chi connectivity index (χ1) is 11.6. The van der Waals surface area contributed by atoms with Crippen molar-refractivity contribution in [1.82, 2.24) is 4.90 Å². The van der Waals surface area contributed by atoms with Crippen LogP contribution in [0.25, 0.3) is 0 Å². The highest BCUT2D eigenvalue weighted by atomic mass is 15.1. The minimum Gasteiger partial charge on any atom is -0.303 e. The van der Waals surface area contributed by atoms with Crippen molar-refractivity contribution in [1.29, 1.82) is 0 Å². The molecule has 6 rings (SSSR count). The molecule has 3 saturated carbocycles. The molecule has 3 heterocycles. The monoisotopic (exact) mass is 331 g/mol. The van der Waals surface area contributed by atoms with Crippen molar-refractivity contribution in [3.8, 4) is 0 Å². The molecule has 0 radical (unpaired) electrons. The summed E-state index contributed by atoms with van der Waals surface area (Å²) in [5.41, 5.74) is 2.31. The molecule has 6 aliphatic rings. The lowest BCUT2D eigenvalue weighted by Crippen LogP contribution is -2.48. The second-order valence-electron chi connectivity index (χ2n) is 10.7. The van der Waals surface area contributed by atoms with Gasteiger partial charge in [0.2, 0.25) is 0 Å². The molecule has 1 heteroatoms. The topological polar surface area (TPSA) is 3.24 Å². The Bertz CT molecular complexity index is 391. The first-order valence-corrected chi connectivity index (χ1v) is 11.3. The minimum atomic E-state index is 0.747. The van der Waals surface area contributed by atoms with E-state index in [1.165, 1.54) is 58.2 Å². The maximum absolute atomic E-state index is 2.68. The van der Waals surface area contributed by atoms with Crippen LogP contribution in [0, 0.1) is 22.2 Å². The zero-order valence-electron chi connectivity index (χ0n) is 16.5. The van der Waals surface area contributed by atoms with Crippen LogP contribution >= 0.6 is 0 Å². The predicted molar refractivity (Wildman–Crippen MR) is 103 cm³/mol. The zero-order valence-corrected chi connectivity index (χ0v) is 16.5. The Morgan fingerprint density at radius 3 is 1.54 bits per heavy atom. The van der Waals surface area contributed by atoms with Gasteiger partial charge < -0.3 is 4.90 Å². The van der Waals surface area contributed by atoms with Crippen LogP contribution in [0.2, 0.25) is 0 Å². The molecule has 0 unspecified atom stereocenters. The van der Waals surface area contributed by atoms with Gasteiger partial charge in [-0.1, -0.05) is 33.1 Å². The van der Waals surface area contributed by atoms with Crippen molar-refractivity contribution in [2.45, 2.75) is 104 Å². The van der Waals surface area contributed by atoms with E-state index in [0.717, 1.165) is 22.2 Å². The van der Waals surface area contributed by atoms with Gasteiger partial charge in [0.15, 0.2) is 0 Å². The molecule has 3 saturated heterocycles. The number of unbranched alkanes of at least 4 members (excludes halogenated alkanes) is 2. The molecule has 1 nitrogen and oxygen atoms in total. The van der Waals surface area contributed by atoms with Crippen molar-refractivity contribution in [3.63, 3.8) is 0 Å². The third kappa shape index (κ3) is 3.19. The lowest BCUT2D eigenvalue weighted by atomic mass is 9.50. The largest absolute Gasteiger partial charge is 0.303 e. The van der Waals surface area contributed by atoms with Crippen molar-refractivity contribution in [3.05, 3.63) is 0 Å². The van der Waals surface area contributed by atoms with Crippen LogP contribution in [-0.4, -0.2) is 24.5 Å². The second-order valence-corrected chi connectivity index (χ2v) is 10.7. The average molecular weight is 332 g/mol. The van der Waals surface area contributed by atoms with E-state index in [4.69, 9.17) is 0 Å². The van der Waals surface area contributed by atoms with E-state index >= 15 is 0 Å². The summed E-state index contributed by atoms with van der Waals surface area (Å²) in [7, 11) is 0. The molecule has 138 valence electrons. The van der Waals surface area contributed by atoms with Crippen LogP contribution in [0.5, 0.6) is 0 Å². The summed E-state index contributed by atoms with van der Waals surface area (Å²) in [6.45, 7) is 9.17. The molecule has 0 spiro atoms. The number of rotatable bonds is 7. The maximum Gasteiger partial charge on any atom is -0.00134 e. The predicted octanol–water partition coefficient (Wildman–Crippen LogP) is 6.42. The number of hydrogen-bond acceptors (Lipinski definition) is 1. The number of hydrogen-bond donors (Lipinski definition) is 0. The molecular formula is C23H41N. The van der Waals surface area contributed by atoms with E-state index in [1.54, 1.807) is 51.4 Å². The Hall–Kier alpha value is -0.0400. The average Bonchev–Trinajstić information content (AvgIpc) is 2.64. The fourth-order valence-electron chi connectivity index (χ4n) is 6.98. The molecule has 0 N–H and O–H groups in total. The van der Waals surface area contributed by atoms with Gasteiger partial charge >= 0.3 is 0 Å². The molecule has 3 aliphatic heterocycles. The lowest BCUT2D eigenvalue weighted by Gasteiger charge is -2.56. The molecule has 0 aromatic rings. The highest BCUT2D eigenvalue weighted by Gasteiger charge is 2.49. The van der Waals surface area contributed by atoms with E-state index in [9.17, 15) is 0 Å². The third-order valence-corrected chi connectivity index (χ3v) is 9.47. The van der Waals surface area contributed by atoms with E-state index in [0.29, 0.717) is 0 Å². The minimum absolute atomic E-state index is 0.747. The summed E-state index contributed by atoms with van der Waals surface area (Å²) in [4.78, 5) is 2.68. The van der Waals surface area contributed by atoms with Crippen LogP contribution in [0.3, 0.4) is 0 Å². The lowest BCUT2D eigenvalue weighted by molar-refractivity contribution is -0.0438. The fourth-order valence-corrected chi connectivity index (χ4v) is 6.98. The van der Waals surface area contributed by atoms with Crippen molar-refractivity contribution in [2.24, 2.45) is 22.2 Å². The van der Waals surface area contributed by atoms with Gasteiger partial charge in [0.05, 0.1) is 0 Å². The van der Waals surface area contributed by atoms with Gasteiger partial charge in [-0.25, -0.2) is 0 Å². The van der Waals surface area contributed by atoms with Gasteiger partial charge in [-0.15, -0.1) is 0 Å². The van der Waals surface area contributed by atoms with E-state index in [2.05, 4.69) is 18.7 Å². The van der Waals surface area contributed by atoms with Crippen LogP contribution < -0.4 is 0 Å². The SMILES string of the molecule is CC(C)C12CCC(CCCCCC34CCN(CC3)CC4)(CC1)CC2. The van der Waals surface area contributed by atoms with Crippen molar-refractivity contribution in [2.75, 3.05) is 19.6 Å². The molecule has 3 aliphatic carbocycles. The van der Waals surface area contributed by atoms with Crippen LogP contribution in [0.4, 0.5) is 0 Å². The first-order valence-electron chi connectivity index (χ1n) is 11.3. The fraction of sp³-hybridized carbons (Fsp3) is 1.00. The maximum atomic E-state index is 2.68. The molecule has 0 amide bonds. The van der Waals surface area contributed by atoms with Crippen LogP contribution in [0.1, 0.15) is 104 Å². The summed E-state index contributed by atoms with van der Waals surface area (Å²) in [5, 5.41) is 0. The zero-order chi connectivity index (χ0) is 16.7. The van der Waals surface area contributed by atoms with Crippen LogP contribution in [0.15, 0.2) is 0 Å². The van der Waals surface area contributed by atoms with Gasteiger partial charge in [0.1, 0.15) is 0 Å². The van der Waals surface area contributed by atoms with Crippen molar-refractivity contribution < 1.29 is 0 Å². The number of nitrogens with zero attached hydrogens (tertiary/aromatic N) is 1. The number of fused-ring (bicyclic) bond motifs is 6. The summed E-state index contributed by atoms with van der Waals surface area (Å²) in [6.07, 6.45) is 21.5. The number of piperidine rings is 3. The highest BCUT2D eigenvalue weighted by molar-refractivity contribution is 5.00. The Kier molecular flexibility index (Phi) is 4.78. The van der Waals surface area contributed by atoms with Gasteiger partial charge in [-0.2, -0.15) is 0 Å². The Labute approximate surface area is 151 Å². The highest BCUT2D eigenvalue weighted by Crippen LogP contribution is 2.61. The van der Waals surface area contributed by atoms with Crippen molar-refractivity contribution >= 4 is 0 Å². The van der Waals surface area contributed by atoms with E-state index in [1.807, 2.05) is 0 Å². The molecule has 24 heavy (non-hydrogen) atoms. The van der Waals surface area contributed by atoms with Gasteiger partial charge in [0, 0.05) is 0 Å². The van der Waals surface area contributed by atoms with E-state index < -0.39 is 0 Å². The first kappa shape index (κ1) is 17.4. The standard InChI is InChI=1S/C23H41N/c1-20(2)23-11-8-21(9-12-23,10-13-23)6-4-3-5-7-22-14-17-24(18-15-22)19-16-22/h20H,3-19H2,1-2H3. The van der Waals surface area contributed by atoms with Crippen LogP contribution in [-0.2, 0) is 0 Å². The summed E-state index contributed by atoms with van der Waals surface area (Å²) >= 11 is 0. The summed E-state index contributed by atoms with van der Waals surface area (Å²) in [5.74, 6) is 0.914. The second kappa shape index (κ2) is 6.60. The summed E-state index contributed by atoms with van der Waals surface area (Å²) in [6, 6.07) is 0. The molecule has 4 bridgehead atoms. The summed E-state index contributed by atoms with van der Waals surface area (Å²) < 4.78 is 0. The Morgan fingerprint density at radius 1 is 0.625 bits per heavy atom. The van der Waals surface area contributed by atoms with Gasteiger partial charge in [-0.3, -0.25) is 0 Å². The van der Waals surface area contributed by atoms with Gasteiger partial charge in [-0.05, 0) is 112 Å². The quantitative estimate of drug-likeness (QED) is 0.487. The Balaban J connectivity index is 1.18. The smallest absolute Gasteiger partial charge is 0.00134 e. The molecule has 6 fully saturated rings. The van der Waals surface area contributed by atoms with E-state index in [-0.39, 0.29) is 0 Å². The molecule has 0 atom stereocenters. The normalized spacial score (nSPS) is 44.4. The molecule has 0 aromatic heterocycles. The third-order valence-electron chi connectivity index (χ3n) is 9.47. The van der Waals surface area contributed by atoms with Gasteiger partial charge in [0.25, 0.3) is 0 Å². The molecule has 0 aromatic carbocycles. The molecular weight excluding hydrogens is 290 g/mol.